The lowest BCUT2D eigenvalue weighted by Crippen LogP contribution is -2.55. The fourth-order valence-corrected chi connectivity index (χ4v) is 5.16. The maximum atomic E-state index is 12.7. The monoisotopic (exact) mass is 606 g/mol. The standard InChI is InChI=1S/C29H38N2O12/c32-12-18-20(34)22(36)24(38)26(42-18)14-4-1-6-16(10-14)28(40)30-8-3-9-31-29(41)17-7-2-5-15(11-17)27-25(39)23(37)21(35)19(13-33)43-27/h1-2,4-7,10-11,18-27,32-39H,3,8-9,12-13H2,(H,30,40)(H,31,41). The van der Waals surface area contributed by atoms with Crippen molar-refractivity contribution in [1.29, 1.82) is 0 Å². The second kappa shape index (κ2) is 14.6. The third kappa shape index (κ3) is 7.38. The summed E-state index contributed by atoms with van der Waals surface area (Å²) in [5.74, 6) is -0.852. The lowest BCUT2D eigenvalue weighted by atomic mass is 9.90. The number of amides is 2. The number of carbonyl (C=O) groups excluding carboxylic acids is 2. The van der Waals surface area contributed by atoms with Crippen LogP contribution < -0.4 is 10.6 Å². The molecule has 0 bridgehead atoms. The van der Waals surface area contributed by atoms with Crippen LogP contribution in [0.2, 0.25) is 0 Å². The molecule has 0 radical (unpaired) electrons. The molecule has 0 aliphatic carbocycles. The number of benzene rings is 2. The van der Waals surface area contributed by atoms with Gasteiger partial charge in [-0.05, 0) is 41.8 Å². The molecule has 0 spiro atoms. The molecule has 14 heteroatoms. The van der Waals surface area contributed by atoms with E-state index in [0.717, 1.165) is 0 Å². The van der Waals surface area contributed by atoms with Crippen LogP contribution in [0, 0.1) is 0 Å². The molecule has 2 aromatic rings. The summed E-state index contributed by atoms with van der Waals surface area (Å²) in [4.78, 5) is 25.4. The van der Waals surface area contributed by atoms with Crippen molar-refractivity contribution in [2.45, 2.75) is 67.5 Å². The molecule has 2 aliphatic rings. The highest BCUT2D eigenvalue weighted by Gasteiger charge is 2.45. The average Bonchev–Trinajstić information content (AvgIpc) is 3.02. The van der Waals surface area contributed by atoms with Crippen molar-refractivity contribution in [2.75, 3.05) is 26.3 Å². The summed E-state index contributed by atoms with van der Waals surface area (Å²) in [7, 11) is 0. The Hall–Kier alpha value is -3.02. The van der Waals surface area contributed by atoms with Gasteiger partial charge in [0.2, 0.25) is 0 Å². The Kier molecular flexibility index (Phi) is 11.2. The van der Waals surface area contributed by atoms with Gasteiger partial charge in [-0.15, -0.1) is 0 Å². The van der Waals surface area contributed by atoms with Gasteiger partial charge in [-0.25, -0.2) is 0 Å². The molecule has 2 fully saturated rings. The molecule has 4 rings (SSSR count). The Balaban J connectivity index is 1.27. The summed E-state index contributed by atoms with van der Waals surface area (Å²) >= 11 is 0. The summed E-state index contributed by atoms with van der Waals surface area (Å²) < 4.78 is 11.1. The number of aliphatic hydroxyl groups excluding tert-OH is 8. The third-order valence-electron chi connectivity index (χ3n) is 7.66. The van der Waals surface area contributed by atoms with E-state index in [0.29, 0.717) is 17.5 Å². The molecule has 2 heterocycles. The number of rotatable bonds is 10. The van der Waals surface area contributed by atoms with Gasteiger partial charge in [0, 0.05) is 24.2 Å². The fraction of sp³-hybridized carbons (Fsp3) is 0.517. The zero-order valence-electron chi connectivity index (χ0n) is 23.1. The lowest BCUT2D eigenvalue weighted by molar-refractivity contribution is -0.231. The van der Waals surface area contributed by atoms with Gasteiger partial charge in [0.15, 0.2) is 0 Å². The topological polar surface area (TPSA) is 238 Å². The molecule has 14 nitrogen and oxygen atoms in total. The maximum Gasteiger partial charge on any atom is 0.251 e. The average molecular weight is 607 g/mol. The highest BCUT2D eigenvalue weighted by Crippen LogP contribution is 2.34. The predicted molar refractivity (Wildman–Crippen MR) is 148 cm³/mol. The Labute approximate surface area is 247 Å². The van der Waals surface area contributed by atoms with Crippen LogP contribution in [0.15, 0.2) is 48.5 Å². The molecule has 0 saturated carbocycles. The minimum absolute atomic E-state index is 0.217. The van der Waals surface area contributed by atoms with Crippen LogP contribution in [0.3, 0.4) is 0 Å². The van der Waals surface area contributed by atoms with Gasteiger partial charge in [-0.1, -0.05) is 24.3 Å². The summed E-state index contributed by atoms with van der Waals surface area (Å²) in [5.41, 5.74) is 1.26. The zero-order chi connectivity index (χ0) is 31.3. The van der Waals surface area contributed by atoms with Gasteiger partial charge in [-0.2, -0.15) is 0 Å². The number of aliphatic hydroxyl groups is 8. The van der Waals surface area contributed by atoms with E-state index in [1.54, 1.807) is 36.4 Å². The van der Waals surface area contributed by atoms with Gasteiger partial charge < -0.3 is 61.0 Å². The summed E-state index contributed by atoms with van der Waals surface area (Å²) in [6.45, 7) is -0.702. The van der Waals surface area contributed by atoms with Crippen molar-refractivity contribution in [3.63, 3.8) is 0 Å². The molecular formula is C29H38N2O12. The van der Waals surface area contributed by atoms with E-state index in [1.165, 1.54) is 12.1 Å². The SMILES string of the molecule is O=C(NCCCNC(=O)c1cccc(C2OC(CO)C(O)C(O)C2O)c1)c1cccc(C2OC(CO)C(O)C(O)C2O)c1. The van der Waals surface area contributed by atoms with Crippen LogP contribution in [0.4, 0.5) is 0 Å². The minimum atomic E-state index is -1.54. The van der Waals surface area contributed by atoms with Crippen LogP contribution in [0.5, 0.6) is 0 Å². The molecule has 10 N–H and O–H groups in total. The first kappa shape index (κ1) is 32.9. The number of carbonyl (C=O) groups is 2. The van der Waals surface area contributed by atoms with E-state index >= 15 is 0 Å². The Morgan fingerprint density at radius 2 is 1.00 bits per heavy atom. The predicted octanol–water partition coefficient (Wildman–Crippen LogP) is -2.73. The summed E-state index contributed by atoms with van der Waals surface area (Å²) in [5, 5.41) is 85.1. The van der Waals surface area contributed by atoms with Gasteiger partial charge >= 0.3 is 0 Å². The normalized spacial score (nSPS) is 32.7. The second-order valence-corrected chi connectivity index (χ2v) is 10.6. The van der Waals surface area contributed by atoms with Crippen LogP contribution in [-0.2, 0) is 9.47 Å². The minimum Gasteiger partial charge on any atom is -0.394 e. The van der Waals surface area contributed by atoms with E-state index in [9.17, 15) is 50.4 Å². The van der Waals surface area contributed by atoms with E-state index in [2.05, 4.69) is 10.6 Å². The first-order valence-corrected chi connectivity index (χ1v) is 13.9. The number of ether oxygens (including phenoxy) is 2. The van der Waals surface area contributed by atoms with E-state index < -0.39 is 86.1 Å². The van der Waals surface area contributed by atoms with Gasteiger partial charge in [0.25, 0.3) is 11.8 Å². The van der Waals surface area contributed by atoms with Crippen molar-refractivity contribution in [2.24, 2.45) is 0 Å². The van der Waals surface area contributed by atoms with Crippen LogP contribution in [0.25, 0.3) is 0 Å². The second-order valence-electron chi connectivity index (χ2n) is 10.6. The van der Waals surface area contributed by atoms with E-state index in [-0.39, 0.29) is 24.2 Å². The summed E-state index contributed by atoms with van der Waals surface area (Å²) in [6, 6.07) is 12.4. The summed E-state index contributed by atoms with van der Waals surface area (Å²) in [6.07, 6.45) is -12.9. The zero-order valence-corrected chi connectivity index (χ0v) is 23.1. The van der Waals surface area contributed by atoms with E-state index in [1.807, 2.05) is 0 Å². The molecule has 2 saturated heterocycles. The first-order valence-electron chi connectivity index (χ1n) is 13.9. The van der Waals surface area contributed by atoms with Crippen molar-refractivity contribution in [3.05, 3.63) is 70.8 Å². The van der Waals surface area contributed by atoms with Gasteiger partial charge in [0.1, 0.15) is 61.0 Å². The largest absolute Gasteiger partial charge is 0.394 e. The number of hydrogen-bond donors (Lipinski definition) is 10. The Bertz CT molecular complexity index is 1150. The molecule has 236 valence electrons. The molecule has 10 unspecified atom stereocenters. The quantitative estimate of drug-likeness (QED) is 0.124. The Morgan fingerprint density at radius 3 is 1.37 bits per heavy atom. The maximum absolute atomic E-state index is 12.7. The van der Waals surface area contributed by atoms with Crippen molar-refractivity contribution >= 4 is 11.8 Å². The number of hydrogen-bond acceptors (Lipinski definition) is 12. The number of nitrogens with one attached hydrogen (secondary N) is 2. The van der Waals surface area contributed by atoms with Crippen molar-refractivity contribution in [1.82, 2.24) is 10.6 Å². The highest BCUT2D eigenvalue weighted by molar-refractivity contribution is 5.95. The molecule has 2 aliphatic heterocycles. The van der Waals surface area contributed by atoms with Crippen LogP contribution in [0.1, 0.15) is 50.5 Å². The molecule has 10 atom stereocenters. The van der Waals surface area contributed by atoms with Crippen LogP contribution in [-0.4, -0.2) is 128 Å². The van der Waals surface area contributed by atoms with E-state index in [4.69, 9.17) is 9.47 Å². The molecule has 0 aromatic heterocycles. The first-order chi connectivity index (χ1) is 20.6. The highest BCUT2D eigenvalue weighted by atomic mass is 16.6. The van der Waals surface area contributed by atoms with Crippen molar-refractivity contribution in [3.8, 4) is 0 Å². The molecule has 43 heavy (non-hydrogen) atoms. The van der Waals surface area contributed by atoms with Crippen LogP contribution >= 0.6 is 0 Å². The molecular weight excluding hydrogens is 568 g/mol. The van der Waals surface area contributed by atoms with Crippen molar-refractivity contribution < 1.29 is 59.9 Å². The van der Waals surface area contributed by atoms with Gasteiger partial charge in [-0.3, -0.25) is 9.59 Å². The van der Waals surface area contributed by atoms with Gasteiger partial charge in [0.05, 0.1) is 13.2 Å². The molecule has 2 amide bonds. The Morgan fingerprint density at radius 1 is 0.605 bits per heavy atom. The lowest BCUT2D eigenvalue weighted by Gasteiger charge is -2.40. The third-order valence-corrected chi connectivity index (χ3v) is 7.66. The molecule has 2 aromatic carbocycles. The fourth-order valence-electron chi connectivity index (χ4n) is 5.16. The smallest absolute Gasteiger partial charge is 0.251 e.